The predicted molar refractivity (Wildman–Crippen MR) is 97.3 cm³/mol. The number of thiocarbonyl (C=S) groups is 1. The Morgan fingerprint density at radius 2 is 2.05 bits per heavy atom. The van der Waals surface area contributed by atoms with Crippen LogP contribution in [0.4, 0.5) is 5.00 Å². The molecule has 2 rings (SSSR count). The number of amides is 1. The monoisotopic (exact) mass is 342 g/mol. The van der Waals surface area contributed by atoms with E-state index in [1.807, 2.05) is 20.2 Å². The first-order chi connectivity index (χ1) is 9.55. The number of hydrogen-bond acceptors (Lipinski definition) is 6. The highest BCUT2D eigenvalue weighted by atomic mass is 32.2. The molecule has 7 heteroatoms. The molecule has 0 saturated carbocycles. The number of thioether (sulfide) groups is 1. The number of nitrogens with one attached hydrogen (secondary N) is 1. The first-order valence-electron chi connectivity index (χ1n) is 5.80. The highest BCUT2D eigenvalue weighted by Crippen LogP contribution is 2.38. The van der Waals surface area contributed by atoms with Gasteiger partial charge >= 0.3 is 0 Å². The molecule has 0 saturated heterocycles. The summed E-state index contributed by atoms with van der Waals surface area (Å²) in [5.41, 5.74) is 0. The standard InChI is InChI=1S/C13H14N2OS4/c1-14-13(16)11(18-7-17)5-8-4-9-10(19-8)6-12(20-9)15(2)3/h4-7H,1-3H3,(H,14,16)/b11-5-. The molecule has 20 heavy (non-hydrogen) atoms. The largest absolute Gasteiger partial charge is 0.370 e. The zero-order valence-corrected chi connectivity index (χ0v) is 14.6. The van der Waals surface area contributed by atoms with E-state index in [0.717, 1.165) is 4.88 Å². The average molecular weight is 343 g/mol. The number of carbonyl (C=O) groups is 1. The maximum absolute atomic E-state index is 11.7. The van der Waals surface area contributed by atoms with Gasteiger partial charge in [-0.05, 0) is 18.2 Å². The quantitative estimate of drug-likeness (QED) is 0.661. The molecule has 3 nitrogen and oxygen atoms in total. The zero-order valence-electron chi connectivity index (χ0n) is 11.3. The van der Waals surface area contributed by atoms with E-state index in [1.165, 1.54) is 30.9 Å². The Morgan fingerprint density at radius 1 is 1.35 bits per heavy atom. The van der Waals surface area contributed by atoms with Gasteiger partial charge in [0.1, 0.15) is 0 Å². The normalized spacial score (nSPS) is 11.7. The minimum atomic E-state index is -0.109. The molecule has 0 radical (unpaired) electrons. The van der Waals surface area contributed by atoms with E-state index >= 15 is 0 Å². The van der Waals surface area contributed by atoms with Crippen molar-refractivity contribution in [2.45, 2.75) is 0 Å². The van der Waals surface area contributed by atoms with E-state index in [2.05, 4.69) is 22.3 Å². The van der Waals surface area contributed by atoms with Crippen LogP contribution in [0.1, 0.15) is 4.88 Å². The number of nitrogens with zero attached hydrogens (tertiary/aromatic N) is 1. The lowest BCUT2D eigenvalue weighted by Crippen LogP contribution is -2.18. The van der Waals surface area contributed by atoms with Crippen LogP contribution in [0.25, 0.3) is 15.5 Å². The number of carbonyl (C=O) groups excluding carboxylic acids is 1. The molecular formula is C13H14N2OS4. The van der Waals surface area contributed by atoms with Gasteiger partial charge in [0.15, 0.2) is 0 Å². The lowest BCUT2D eigenvalue weighted by Gasteiger charge is -2.06. The number of anilines is 1. The van der Waals surface area contributed by atoms with Gasteiger partial charge in [0.2, 0.25) is 0 Å². The second kappa shape index (κ2) is 6.71. The van der Waals surface area contributed by atoms with Crippen LogP contribution in [-0.4, -0.2) is 31.7 Å². The van der Waals surface area contributed by atoms with E-state index in [1.54, 1.807) is 29.7 Å². The van der Waals surface area contributed by atoms with E-state index in [0.29, 0.717) is 4.91 Å². The molecular weight excluding hydrogens is 328 g/mol. The molecule has 2 aromatic heterocycles. The maximum atomic E-state index is 11.7. The van der Waals surface area contributed by atoms with Crippen molar-refractivity contribution in [3.63, 3.8) is 0 Å². The van der Waals surface area contributed by atoms with Crippen LogP contribution in [0, 0.1) is 0 Å². The third kappa shape index (κ3) is 3.41. The van der Waals surface area contributed by atoms with Gasteiger partial charge in [-0.1, -0.05) is 24.0 Å². The summed E-state index contributed by atoms with van der Waals surface area (Å²) >= 11 is 9.52. The summed E-state index contributed by atoms with van der Waals surface area (Å²) in [4.78, 5) is 15.5. The number of likely N-dealkylation sites (N-methyl/N-ethyl adjacent to an activating group) is 1. The third-order valence-electron chi connectivity index (χ3n) is 2.55. The van der Waals surface area contributed by atoms with Gasteiger partial charge in [0, 0.05) is 40.1 Å². The highest BCUT2D eigenvalue weighted by molar-refractivity contribution is 8.24. The van der Waals surface area contributed by atoms with Gasteiger partial charge in [-0.2, -0.15) is 0 Å². The Morgan fingerprint density at radius 3 is 2.60 bits per heavy atom. The van der Waals surface area contributed by atoms with Gasteiger partial charge in [0.05, 0.1) is 9.91 Å². The van der Waals surface area contributed by atoms with Crippen LogP contribution in [0.2, 0.25) is 0 Å². The Kier molecular flexibility index (Phi) is 5.20. The lowest BCUT2D eigenvalue weighted by atomic mass is 10.4. The van der Waals surface area contributed by atoms with E-state index in [4.69, 9.17) is 12.2 Å². The van der Waals surface area contributed by atoms with Crippen LogP contribution in [0.15, 0.2) is 17.0 Å². The molecule has 0 atom stereocenters. The van der Waals surface area contributed by atoms with Crippen molar-refractivity contribution in [3.05, 3.63) is 21.9 Å². The van der Waals surface area contributed by atoms with Crippen LogP contribution in [0.5, 0.6) is 0 Å². The second-order valence-electron chi connectivity index (χ2n) is 4.16. The first kappa shape index (κ1) is 15.5. The van der Waals surface area contributed by atoms with Crippen molar-refractivity contribution in [2.24, 2.45) is 0 Å². The minimum Gasteiger partial charge on any atom is -0.370 e. The topological polar surface area (TPSA) is 32.3 Å². The summed E-state index contributed by atoms with van der Waals surface area (Å²) in [5.74, 6) is -0.109. The summed E-state index contributed by atoms with van der Waals surface area (Å²) < 4.78 is 3.99. The minimum absolute atomic E-state index is 0.109. The summed E-state index contributed by atoms with van der Waals surface area (Å²) in [6.45, 7) is 0. The van der Waals surface area contributed by atoms with Gasteiger partial charge in [-0.3, -0.25) is 4.79 Å². The number of thiophene rings is 2. The van der Waals surface area contributed by atoms with Crippen LogP contribution in [-0.2, 0) is 4.79 Å². The first-order valence-corrected chi connectivity index (χ1v) is 8.78. The Labute approximate surface area is 135 Å². The summed E-state index contributed by atoms with van der Waals surface area (Å²) in [6.07, 6.45) is 1.89. The number of rotatable bonds is 5. The average Bonchev–Trinajstić information content (AvgIpc) is 2.95. The van der Waals surface area contributed by atoms with Crippen LogP contribution < -0.4 is 10.2 Å². The van der Waals surface area contributed by atoms with Crippen LogP contribution in [0.3, 0.4) is 0 Å². The third-order valence-corrected chi connectivity index (χ3v) is 5.90. The summed E-state index contributed by atoms with van der Waals surface area (Å²) in [5, 5.41) is 3.87. The molecule has 2 aromatic rings. The second-order valence-corrected chi connectivity index (χ2v) is 7.78. The fourth-order valence-corrected chi connectivity index (χ4v) is 4.75. The summed E-state index contributed by atoms with van der Waals surface area (Å²) in [6, 6.07) is 4.29. The molecule has 1 N–H and O–H groups in total. The highest BCUT2D eigenvalue weighted by Gasteiger charge is 2.10. The van der Waals surface area contributed by atoms with E-state index < -0.39 is 0 Å². The molecule has 106 valence electrons. The SMILES string of the molecule is CNC(=O)/C(=C/c1cc2sc(N(C)C)cc2s1)SC=S. The molecule has 2 heterocycles. The van der Waals surface area contributed by atoms with Crippen molar-refractivity contribution in [3.8, 4) is 0 Å². The van der Waals surface area contributed by atoms with Crippen molar-refractivity contribution in [1.29, 1.82) is 0 Å². The summed E-state index contributed by atoms with van der Waals surface area (Å²) in [7, 11) is 5.70. The molecule has 0 aliphatic rings. The predicted octanol–water partition coefficient (Wildman–Crippen LogP) is 3.81. The van der Waals surface area contributed by atoms with Gasteiger partial charge in [-0.15, -0.1) is 22.7 Å². The van der Waals surface area contributed by atoms with E-state index in [-0.39, 0.29) is 5.91 Å². The molecule has 0 aromatic carbocycles. The maximum Gasteiger partial charge on any atom is 0.257 e. The van der Waals surface area contributed by atoms with Crippen molar-refractivity contribution in [2.75, 3.05) is 26.0 Å². The van der Waals surface area contributed by atoms with Gasteiger partial charge in [0.25, 0.3) is 5.91 Å². The Hall–Kier alpha value is -0.890. The molecule has 0 fully saturated rings. The van der Waals surface area contributed by atoms with Crippen molar-refractivity contribution in [1.82, 2.24) is 5.32 Å². The Balaban J connectivity index is 2.34. The fraction of sp³-hybridized carbons (Fsp3) is 0.231. The lowest BCUT2D eigenvalue weighted by molar-refractivity contribution is -0.116. The molecule has 0 aliphatic carbocycles. The van der Waals surface area contributed by atoms with Crippen LogP contribution >= 0.6 is 46.7 Å². The van der Waals surface area contributed by atoms with Crippen molar-refractivity contribution < 1.29 is 4.79 Å². The molecule has 0 spiro atoms. The molecule has 0 aliphatic heterocycles. The number of hydrogen-bond donors (Lipinski definition) is 1. The molecule has 0 unspecified atom stereocenters. The zero-order chi connectivity index (χ0) is 14.7. The number of fused-ring (bicyclic) bond motifs is 1. The van der Waals surface area contributed by atoms with E-state index in [9.17, 15) is 4.79 Å². The molecule has 0 bridgehead atoms. The van der Waals surface area contributed by atoms with Crippen molar-refractivity contribution >= 4 is 77.7 Å². The fourth-order valence-electron chi connectivity index (χ4n) is 1.59. The smallest absolute Gasteiger partial charge is 0.257 e. The van der Waals surface area contributed by atoms with Gasteiger partial charge in [-0.25, -0.2) is 0 Å². The van der Waals surface area contributed by atoms with Gasteiger partial charge < -0.3 is 10.2 Å². The molecule has 1 amide bonds. The Bertz CT molecular complexity index is 638.